The molecule has 0 unspecified atom stereocenters. The minimum Gasteiger partial charge on any atom is -0.316 e. The van der Waals surface area contributed by atoms with Gasteiger partial charge in [0.15, 0.2) is 0 Å². The fraction of sp³-hybridized carbons (Fsp3) is 0.684. The Kier molecular flexibility index (Phi) is 6.75. The molecule has 0 aliphatic carbocycles. The lowest BCUT2D eigenvalue weighted by molar-refractivity contribution is 0.442. The van der Waals surface area contributed by atoms with Crippen molar-refractivity contribution in [2.24, 2.45) is 11.8 Å². The smallest absolute Gasteiger partial charge is 0.00258 e. The fourth-order valence-corrected chi connectivity index (χ4v) is 2.50. The summed E-state index contributed by atoms with van der Waals surface area (Å²) >= 11 is 0. The third-order valence-corrected chi connectivity index (χ3v) is 3.86. The van der Waals surface area contributed by atoms with Crippen molar-refractivity contribution in [1.29, 1.82) is 0 Å². The summed E-state index contributed by atoms with van der Waals surface area (Å²) in [6, 6.07) is 9.25. The molecule has 0 bridgehead atoms. The molecule has 1 N–H and O–H groups in total. The number of benzene rings is 1. The summed E-state index contributed by atoms with van der Waals surface area (Å²) in [5, 5.41) is 3.55. The molecule has 0 atom stereocenters. The van der Waals surface area contributed by atoms with E-state index < -0.39 is 0 Å². The molecule has 1 aromatic rings. The molecule has 1 rings (SSSR count). The second-order valence-corrected chi connectivity index (χ2v) is 7.53. The molecule has 114 valence electrons. The molecule has 1 aromatic carbocycles. The molecule has 0 amide bonds. The first-order valence-electron chi connectivity index (χ1n) is 8.11. The maximum absolute atomic E-state index is 3.55. The van der Waals surface area contributed by atoms with Gasteiger partial charge in [-0.15, -0.1) is 0 Å². The van der Waals surface area contributed by atoms with Gasteiger partial charge in [0.1, 0.15) is 0 Å². The van der Waals surface area contributed by atoms with Crippen LogP contribution in [0.15, 0.2) is 24.3 Å². The van der Waals surface area contributed by atoms with Crippen molar-refractivity contribution in [3.05, 3.63) is 35.4 Å². The Morgan fingerprint density at radius 3 is 2.05 bits per heavy atom. The average Bonchev–Trinajstić information content (AvgIpc) is 2.34. The molecular weight excluding hydrogens is 242 g/mol. The molecule has 0 spiro atoms. The minimum absolute atomic E-state index is 0.250. The normalized spacial score (nSPS) is 12.4. The van der Waals surface area contributed by atoms with Crippen LogP contribution >= 0.6 is 0 Å². The molecule has 1 heteroatoms. The van der Waals surface area contributed by atoms with E-state index in [-0.39, 0.29) is 5.41 Å². The maximum atomic E-state index is 3.55. The van der Waals surface area contributed by atoms with Crippen molar-refractivity contribution in [2.45, 2.75) is 59.8 Å². The van der Waals surface area contributed by atoms with Crippen molar-refractivity contribution in [3.63, 3.8) is 0 Å². The summed E-state index contributed by atoms with van der Waals surface area (Å²) < 4.78 is 0. The van der Waals surface area contributed by atoms with Gasteiger partial charge in [-0.05, 0) is 54.3 Å². The van der Waals surface area contributed by atoms with Gasteiger partial charge < -0.3 is 5.32 Å². The van der Waals surface area contributed by atoms with E-state index in [1.54, 1.807) is 0 Å². The van der Waals surface area contributed by atoms with E-state index in [1.165, 1.54) is 24.0 Å². The van der Waals surface area contributed by atoms with E-state index in [1.807, 2.05) is 0 Å². The van der Waals surface area contributed by atoms with Gasteiger partial charge in [0.25, 0.3) is 0 Å². The highest BCUT2D eigenvalue weighted by molar-refractivity contribution is 5.28. The van der Waals surface area contributed by atoms with Crippen LogP contribution < -0.4 is 5.32 Å². The van der Waals surface area contributed by atoms with Crippen LogP contribution in [0.2, 0.25) is 0 Å². The first-order chi connectivity index (χ1) is 9.31. The Morgan fingerprint density at radius 1 is 0.950 bits per heavy atom. The largest absolute Gasteiger partial charge is 0.316 e. The van der Waals surface area contributed by atoms with Crippen molar-refractivity contribution >= 4 is 0 Å². The highest BCUT2D eigenvalue weighted by Gasteiger charge is 2.19. The predicted molar refractivity (Wildman–Crippen MR) is 90.3 cm³/mol. The van der Waals surface area contributed by atoms with Crippen LogP contribution in [0.5, 0.6) is 0 Å². The molecule has 0 saturated carbocycles. The Morgan fingerprint density at radius 2 is 1.55 bits per heavy atom. The Balaban J connectivity index is 2.53. The van der Waals surface area contributed by atoms with Crippen molar-refractivity contribution in [1.82, 2.24) is 5.32 Å². The van der Waals surface area contributed by atoms with Crippen molar-refractivity contribution < 1.29 is 0 Å². The van der Waals surface area contributed by atoms with Gasteiger partial charge in [-0.2, -0.15) is 0 Å². The Bertz CT molecular complexity index is 373. The van der Waals surface area contributed by atoms with E-state index in [2.05, 4.69) is 71.1 Å². The molecule has 0 aromatic heterocycles. The van der Waals surface area contributed by atoms with Crippen molar-refractivity contribution in [2.75, 3.05) is 13.1 Å². The lowest BCUT2D eigenvalue weighted by Crippen LogP contribution is -2.27. The van der Waals surface area contributed by atoms with Gasteiger partial charge in [0.05, 0.1) is 0 Å². The van der Waals surface area contributed by atoms with Gasteiger partial charge in [0, 0.05) is 0 Å². The van der Waals surface area contributed by atoms with Crippen LogP contribution in [0.1, 0.15) is 59.1 Å². The van der Waals surface area contributed by atoms with Crippen LogP contribution in [-0.2, 0) is 11.8 Å². The highest BCUT2D eigenvalue weighted by atomic mass is 14.8. The summed E-state index contributed by atoms with van der Waals surface area (Å²) in [6.45, 7) is 16.0. The second-order valence-electron chi connectivity index (χ2n) is 7.53. The zero-order chi connectivity index (χ0) is 15.2. The quantitative estimate of drug-likeness (QED) is 0.672. The van der Waals surface area contributed by atoms with Crippen LogP contribution in [0.3, 0.4) is 0 Å². The third kappa shape index (κ3) is 6.09. The van der Waals surface area contributed by atoms with E-state index >= 15 is 0 Å². The number of hydrogen-bond acceptors (Lipinski definition) is 1. The number of rotatable bonds is 8. The Hall–Kier alpha value is -0.820. The summed E-state index contributed by atoms with van der Waals surface area (Å²) in [4.78, 5) is 0. The Labute approximate surface area is 126 Å². The zero-order valence-electron chi connectivity index (χ0n) is 14.3. The molecular formula is C19H33N. The van der Waals surface area contributed by atoms with Crippen LogP contribution in [0.25, 0.3) is 0 Å². The molecule has 0 aliphatic rings. The van der Waals surface area contributed by atoms with E-state index in [0.717, 1.165) is 24.9 Å². The van der Waals surface area contributed by atoms with Gasteiger partial charge in [0.2, 0.25) is 0 Å². The monoisotopic (exact) mass is 275 g/mol. The van der Waals surface area contributed by atoms with Crippen LogP contribution in [0.4, 0.5) is 0 Å². The van der Waals surface area contributed by atoms with E-state index in [9.17, 15) is 0 Å². The topological polar surface area (TPSA) is 12.0 Å². The van der Waals surface area contributed by atoms with E-state index in [4.69, 9.17) is 0 Å². The molecule has 0 aliphatic heterocycles. The first-order valence-corrected chi connectivity index (χ1v) is 8.11. The zero-order valence-corrected chi connectivity index (χ0v) is 14.3. The predicted octanol–water partition coefficient (Wildman–Crippen LogP) is 4.80. The minimum atomic E-state index is 0.250. The lowest BCUT2D eigenvalue weighted by atomic mass is 9.81. The lowest BCUT2D eigenvalue weighted by Gasteiger charge is -2.26. The highest BCUT2D eigenvalue weighted by Crippen LogP contribution is 2.27. The maximum Gasteiger partial charge on any atom is -0.00258 e. The SMILES string of the molecule is CC(C)CNCCC(C)(C)c1ccc(CC(C)C)cc1. The third-order valence-electron chi connectivity index (χ3n) is 3.86. The first kappa shape index (κ1) is 17.2. The van der Waals surface area contributed by atoms with Gasteiger partial charge in [-0.3, -0.25) is 0 Å². The summed E-state index contributed by atoms with van der Waals surface area (Å²) in [5.74, 6) is 1.46. The molecule has 0 saturated heterocycles. The second kappa shape index (κ2) is 7.83. The molecule has 0 radical (unpaired) electrons. The molecule has 1 nitrogen and oxygen atoms in total. The van der Waals surface area contributed by atoms with Gasteiger partial charge in [-0.25, -0.2) is 0 Å². The van der Waals surface area contributed by atoms with Gasteiger partial charge >= 0.3 is 0 Å². The standard InChI is InChI=1S/C19H33N/c1-15(2)13-17-7-9-18(10-8-17)19(5,6)11-12-20-14-16(3)4/h7-10,15-16,20H,11-14H2,1-6H3. The van der Waals surface area contributed by atoms with Crippen LogP contribution in [-0.4, -0.2) is 13.1 Å². The molecule has 0 fully saturated rings. The fourth-order valence-electron chi connectivity index (χ4n) is 2.50. The van der Waals surface area contributed by atoms with Gasteiger partial charge in [-0.1, -0.05) is 65.8 Å². The number of nitrogens with one attached hydrogen (secondary N) is 1. The van der Waals surface area contributed by atoms with Crippen LogP contribution in [0, 0.1) is 11.8 Å². The number of hydrogen-bond donors (Lipinski definition) is 1. The summed E-state index contributed by atoms with van der Waals surface area (Å²) in [7, 11) is 0. The molecule has 20 heavy (non-hydrogen) atoms. The van der Waals surface area contributed by atoms with E-state index in [0.29, 0.717) is 0 Å². The van der Waals surface area contributed by atoms with Crippen molar-refractivity contribution in [3.8, 4) is 0 Å². The average molecular weight is 275 g/mol. The summed E-state index contributed by atoms with van der Waals surface area (Å²) in [6.07, 6.45) is 2.36. The molecule has 0 heterocycles. The summed E-state index contributed by atoms with van der Waals surface area (Å²) in [5.41, 5.74) is 3.16.